The van der Waals surface area contributed by atoms with Gasteiger partial charge in [0.25, 0.3) is 0 Å². The fourth-order valence-corrected chi connectivity index (χ4v) is 1.94. The van der Waals surface area contributed by atoms with E-state index in [1.807, 2.05) is 31.2 Å². The van der Waals surface area contributed by atoms with E-state index in [0.29, 0.717) is 10.6 Å². The Labute approximate surface area is 139 Å². The third kappa shape index (κ3) is 5.23. The first-order chi connectivity index (χ1) is 11.1. The molecule has 0 saturated carbocycles. The lowest BCUT2D eigenvalue weighted by Crippen LogP contribution is -2.37. The van der Waals surface area contributed by atoms with Crippen LogP contribution in [0.15, 0.2) is 53.6 Å². The van der Waals surface area contributed by atoms with Crippen molar-refractivity contribution in [3.8, 4) is 0 Å². The number of hydrogen-bond acceptors (Lipinski definition) is 3. The molecule has 2 aromatic rings. The summed E-state index contributed by atoms with van der Waals surface area (Å²) in [4.78, 5) is 23.3. The van der Waals surface area contributed by atoms with Gasteiger partial charge in [0.1, 0.15) is 0 Å². The number of aryl methyl sites for hydroxylation is 1. The average molecular weight is 330 g/mol. The topological polar surface area (TPSA) is 70.6 Å². The number of nitrogens with zero attached hydrogens (tertiary/aromatic N) is 1. The fourth-order valence-electron chi connectivity index (χ4n) is 1.76. The zero-order valence-corrected chi connectivity index (χ0v) is 13.3. The summed E-state index contributed by atoms with van der Waals surface area (Å²) in [6.45, 7) is 2.26. The van der Waals surface area contributed by atoms with Crippen LogP contribution in [0, 0.1) is 6.92 Å². The van der Waals surface area contributed by atoms with Crippen LogP contribution < -0.4 is 10.7 Å². The Morgan fingerprint density at radius 1 is 1.09 bits per heavy atom. The van der Waals surface area contributed by atoms with Gasteiger partial charge in [-0.05, 0) is 18.6 Å². The molecule has 0 aliphatic rings. The van der Waals surface area contributed by atoms with E-state index in [0.717, 1.165) is 11.1 Å². The van der Waals surface area contributed by atoms with Crippen LogP contribution in [0.4, 0.5) is 0 Å². The number of amides is 2. The third-order valence-electron chi connectivity index (χ3n) is 3.05. The van der Waals surface area contributed by atoms with E-state index in [-0.39, 0.29) is 6.54 Å². The monoisotopic (exact) mass is 329 g/mol. The largest absolute Gasteiger partial charge is 0.344 e. The summed E-state index contributed by atoms with van der Waals surface area (Å²) in [6.07, 6.45) is 1.38. The first kappa shape index (κ1) is 16.7. The van der Waals surface area contributed by atoms with E-state index >= 15 is 0 Å². The van der Waals surface area contributed by atoms with Crippen molar-refractivity contribution >= 4 is 29.6 Å². The second-order valence-electron chi connectivity index (χ2n) is 4.89. The normalized spacial score (nSPS) is 10.5. The maximum Gasteiger partial charge on any atom is 0.329 e. The average Bonchev–Trinajstić information content (AvgIpc) is 2.55. The van der Waals surface area contributed by atoms with E-state index in [1.54, 1.807) is 24.3 Å². The summed E-state index contributed by atoms with van der Waals surface area (Å²) in [5.41, 5.74) is 4.86. The van der Waals surface area contributed by atoms with Gasteiger partial charge in [-0.2, -0.15) is 5.10 Å². The van der Waals surface area contributed by atoms with E-state index in [4.69, 9.17) is 11.6 Å². The van der Waals surface area contributed by atoms with Gasteiger partial charge < -0.3 is 5.32 Å². The number of carbonyl (C=O) groups excluding carboxylic acids is 2. The molecule has 0 fully saturated rings. The summed E-state index contributed by atoms with van der Waals surface area (Å²) in [6, 6.07) is 14.7. The SMILES string of the molecule is Cc1ccc(CNC(=O)C(=O)N/N=C/c2ccccc2Cl)cc1. The van der Waals surface area contributed by atoms with Crippen LogP contribution in [-0.2, 0) is 16.1 Å². The molecule has 0 aliphatic heterocycles. The summed E-state index contributed by atoms with van der Waals surface area (Å²) in [7, 11) is 0. The van der Waals surface area contributed by atoms with Crippen molar-refractivity contribution in [2.24, 2.45) is 5.10 Å². The van der Waals surface area contributed by atoms with Gasteiger partial charge in [-0.25, -0.2) is 5.43 Å². The lowest BCUT2D eigenvalue weighted by atomic mass is 10.1. The predicted octanol–water partition coefficient (Wildman–Crippen LogP) is 2.41. The molecule has 0 spiro atoms. The lowest BCUT2D eigenvalue weighted by Gasteiger charge is -2.04. The summed E-state index contributed by atoms with van der Waals surface area (Å²) in [5, 5.41) is 6.76. The molecule has 5 nitrogen and oxygen atoms in total. The molecule has 0 aliphatic carbocycles. The van der Waals surface area contributed by atoms with Crippen LogP contribution in [0.5, 0.6) is 0 Å². The van der Waals surface area contributed by atoms with Crippen LogP contribution in [0.2, 0.25) is 5.02 Å². The molecule has 2 amide bonds. The number of halogens is 1. The minimum Gasteiger partial charge on any atom is -0.344 e. The number of nitrogens with one attached hydrogen (secondary N) is 2. The van der Waals surface area contributed by atoms with Crippen molar-refractivity contribution in [1.29, 1.82) is 0 Å². The second kappa shape index (κ2) is 8.10. The van der Waals surface area contributed by atoms with Crippen molar-refractivity contribution in [2.45, 2.75) is 13.5 Å². The number of rotatable bonds is 4. The van der Waals surface area contributed by atoms with Crippen LogP contribution in [0.25, 0.3) is 0 Å². The molecular weight excluding hydrogens is 314 g/mol. The molecule has 0 aromatic heterocycles. The van der Waals surface area contributed by atoms with Gasteiger partial charge in [0.05, 0.1) is 6.21 Å². The Balaban J connectivity index is 1.82. The van der Waals surface area contributed by atoms with Crippen molar-refractivity contribution in [3.63, 3.8) is 0 Å². The molecule has 0 heterocycles. The molecule has 2 aromatic carbocycles. The van der Waals surface area contributed by atoms with Crippen LogP contribution in [-0.4, -0.2) is 18.0 Å². The predicted molar refractivity (Wildman–Crippen MR) is 90.2 cm³/mol. The van der Waals surface area contributed by atoms with Gasteiger partial charge in [-0.3, -0.25) is 9.59 Å². The Hall–Kier alpha value is -2.66. The van der Waals surface area contributed by atoms with E-state index in [1.165, 1.54) is 6.21 Å². The highest BCUT2D eigenvalue weighted by molar-refractivity contribution is 6.35. The zero-order chi connectivity index (χ0) is 16.7. The van der Waals surface area contributed by atoms with E-state index in [2.05, 4.69) is 15.8 Å². The maximum atomic E-state index is 11.7. The highest BCUT2D eigenvalue weighted by atomic mass is 35.5. The second-order valence-corrected chi connectivity index (χ2v) is 5.30. The van der Waals surface area contributed by atoms with Gasteiger partial charge in [-0.1, -0.05) is 59.6 Å². The standard InChI is InChI=1S/C17H16ClN3O2/c1-12-6-8-13(9-7-12)10-19-16(22)17(23)21-20-11-14-4-2-3-5-15(14)18/h2-9,11H,10H2,1H3,(H,19,22)(H,21,23)/b20-11+. The molecule has 6 heteroatoms. The van der Waals surface area contributed by atoms with Gasteiger partial charge in [0.2, 0.25) is 0 Å². The molecule has 118 valence electrons. The number of benzene rings is 2. The van der Waals surface area contributed by atoms with Crippen LogP contribution in [0.3, 0.4) is 0 Å². The van der Waals surface area contributed by atoms with Crippen LogP contribution in [0.1, 0.15) is 16.7 Å². The fraction of sp³-hybridized carbons (Fsp3) is 0.118. The number of hydrazone groups is 1. The van der Waals surface area contributed by atoms with Crippen molar-refractivity contribution in [3.05, 3.63) is 70.2 Å². The molecule has 0 unspecified atom stereocenters. The van der Waals surface area contributed by atoms with Crippen LogP contribution >= 0.6 is 11.6 Å². The lowest BCUT2D eigenvalue weighted by molar-refractivity contribution is -0.139. The Morgan fingerprint density at radius 3 is 2.48 bits per heavy atom. The molecular formula is C17H16ClN3O2. The molecule has 2 N–H and O–H groups in total. The number of hydrogen-bond donors (Lipinski definition) is 2. The minimum atomic E-state index is -0.833. The zero-order valence-electron chi connectivity index (χ0n) is 12.5. The smallest absolute Gasteiger partial charge is 0.329 e. The van der Waals surface area contributed by atoms with Gasteiger partial charge in [-0.15, -0.1) is 0 Å². The van der Waals surface area contributed by atoms with Gasteiger partial charge in [0, 0.05) is 17.1 Å². The van der Waals surface area contributed by atoms with Crippen molar-refractivity contribution < 1.29 is 9.59 Å². The number of carbonyl (C=O) groups is 2. The molecule has 0 atom stereocenters. The maximum absolute atomic E-state index is 11.7. The highest BCUT2D eigenvalue weighted by Crippen LogP contribution is 2.11. The highest BCUT2D eigenvalue weighted by Gasteiger charge is 2.11. The van der Waals surface area contributed by atoms with E-state index in [9.17, 15) is 9.59 Å². The third-order valence-corrected chi connectivity index (χ3v) is 3.40. The summed E-state index contributed by atoms with van der Waals surface area (Å²) < 4.78 is 0. The van der Waals surface area contributed by atoms with E-state index < -0.39 is 11.8 Å². The molecule has 0 saturated heterocycles. The molecule has 23 heavy (non-hydrogen) atoms. The minimum absolute atomic E-state index is 0.279. The Kier molecular flexibility index (Phi) is 5.88. The Bertz CT molecular complexity index is 727. The van der Waals surface area contributed by atoms with Gasteiger partial charge >= 0.3 is 11.8 Å². The van der Waals surface area contributed by atoms with Gasteiger partial charge in [0.15, 0.2) is 0 Å². The summed E-state index contributed by atoms with van der Waals surface area (Å²) in [5.74, 6) is -1.58. The first-order valence-corrected chi connectivity index (χ1v) is 7.35. The van der Waals surface area contributed by atoms with Crippen molar-refractivity contribution in [2.75, 3.05) is 0 Å². The molecule has 0 bridgehead atoms. The molecule has 0 radical (unpaired) electrons. The quantitative estimate of drug-likeness (QED) is 0.514. The van der Waals surface area contributed by atoms with Crippen molar-refractivity contribution in [1.82, 2.24) is 10.7 Å². The first-order valence-electron chi connectivity index (χ1n) is 6.97. The molecule has 2 rings (SSSR count). The Morgan fingerprint density at radius 2 is 1.78 bits per heavy atom. The summed E-state index contributed by atoms with van der Waals surface area (Å²) >= 11 is 5.95.